The van der Waals surface area contributed by atoms with Gasteiger partial charge in [-0.2, -0.15) is 0 Å². The van der Waals surface area contributed by atoms with E-state index in [2.05, 4.69) is 22.2 Å². The van der Waals surface area contributed by atoms with E-state index >= 15 is 0 Å². The quantitative estimate of drug-likeness (QED) is 0.942. The van der Waals surface area contributed by atoms with Crippen LogP contribution in [0.15, 0.2) is 36.1 Å². The highest BCUT2D eigenvalue weighted by atomic mass is 32.1. The Hall–Kier alpha value is -1.95. The fraction of sp³-hybridized carbons (Fsp3) is 0.438. The SMILES string of the molecule is CC(CNC(=O)N1CCCC1c1ccncc1)c1nccs1. The van der Waals surface area contributed by atoms with Crippen LogP contribution in [0.5, 0.6) is 0 Å². The number of urea groups is 1. The third-order valence-electron chi connectivity index (χ3n) is 4.04. The van der Waals surface area contributed by atoms with E-state index in [1.807, 2.05) is 22.4 Å². The first-order valence-electron chi connectivity index (χ1n) is 7.59. The van der Waals surface area contributed by atoms with E-state index in [9.17, 15) is 4.79 Å². The third-order valence-corrected chi connectivity index (χ3v) is 5.04. The van der Waals surface area contributed by atoms with Gasteiger partial charge in [0, 0.05) is 43.0 Å². The highest BCUT2D eigenvalue weighted by Gasteiger charge is 2.29. The van der Waals surface area contributed by atoms with Gasteiger partial charge in [0.1, 0.15) is 0 Å². The predicted octanol–water partition coefficient (Wildman–Crippen LogP) is 3.19. The molecule has 0 bridgehead atoms. The van der Waals surface area contributed by atoms with Crippen molar-refractivity contribution < 1.29 is 4.79 Å². The minimum atomic E-state index is 0.0164. The molecular weight excluding hydrogens is 296 g/mol. The Morgan fingerprint density at radius 2 is 2.27 bits per heavy atom. The summed E-state index contributed by atoms with van der Waals surface area (Å²) in [6.07, 6.45) is 7.43. The van der Waals surface area contributed by atoms with Crippen LogP contribution in [0, 0.1) is 0 Å². The van der Waals surface area contributed by atoms with Crippen LogP contribution in [-0.4, -0.2) is 34.0 Å². The van der Waals surface area contributed by atoms with Crippen molar-refractivity contribution in [3.63, 3.8) is 0 Å². The molecular formula is C16H20N4OS. The fourth-order valence-electron chi connectivity index (χ4n) is 2.85. The summed E-state index contributed by atoms with van der Waals surface area (Å²) in [4.78, 5) is 22.8. The van der Waals surface area contributed by atoms with Crippen molar-refractivity contribution in [2.24, 2.45) is 0 Å². The fourth-order valence-corrected chi connectivity index (χ4v) is 3.55. The van der Waals surface area contributed by atoms with Crippen molar-refractivity contribution in [1.29, 1.82) is 0 Å². The summed E-state index contributed by atoms with van der Waals surface area (Å²) in [5.74, 6) is 0.242. The van der Waals surface area contributed by atoms with Gasteiger partial charge in [-0.1, -0.05) is 6.92 Å². The average molecular weight is 316 g/mol. The maximum absolute atomic E-state index is 12.5. The Kier molecular flexibility index (Phi) is 4.68. The molecule has 0 spiro atoms. The number of aromatic nitrogens is 2. The van der Waals surface area contributed by atoms with Gasteiger partial charge in [0.2, 0.25) is 0 Å². The molecule has 22 heavy (non-hydrogen) atoms. The first-order valence-corrected chi connectivity index (χ1v) is 8.47. The molecule has 0 saturated carbocycles. The van der Waals surface area contributed by atoms with E-state index in [-0.39, 0.29) is 18.0 Å². The lowest BCUT2D eigenvalue weighted by atomic mass is 10.1. The van der Waals surface area contributed by atoms with Gasteiger partial charge < -0.3 is 10.2 Å². The van der Waals surface area contributed by atoms with Gasteiger partial charge in [-0.15, -0.1) is 11.3 Å². The van der Waals surface area contributed by atoms with Gasteiger partial charge in [-0.05, 0) is 30.5 Å². The lowest BCUT2D eigenvalue weighted by Crippen LogP contribution is -2.40. The van der Waals surface area contributed by atoms with E-state index in [1.54, 1.807) is 29.9 Å². The van der Waals surface area contributed by atoms with E-state index < -0.39 is 0 Å². The summed E-state index contributed by atoms with van der Waals surface area (Å²) in [7, 11) is 0. The molecule has 1 saturated heterocycles. The number of nitrogens with one attached hydrogen (secondary N) is 1. The number of pyridine rings is 1. The number of likely N-dealkylation sites (tertiary alicyclic amines) is 1. The van der Waals surface area contributed by atoms with Crippen molar-refractivity contribution >= 4 is 17.4 Å². The molecule has 3 rings (SSSR count). The number of nitrogens with zero attached hydrogens (tertiary/aromatic N) is 3. The Balaban J connectivity index is 1.59. The van der Waals surface area contributed by atoms with Gasteiger partial charge >= 0.3 is 6.03 Å². The Morgan fingerprint density at radius 1 is 1.45 bits per heavy atom. The lowest BCUT2D eigenvalue weighted by molar-refractivity contribution is 0.192. The second-order valence-corrected chi connectivity index (χ2v) is 6.52. The molecule has 1 N–H and O–H groups in total. The number of carbonyl (C=O) groups is 1. The second-order valence-electron chi connectivity index (χ2n) is 5.59. The molecule has 0 radical (unpaired) electrons. The molecule has 6 heteroatoms. The summed E-state index contributed by atoms with van der Waals surface area (Å²) in [5, 5.41) is 6.08. The molecule has 116 valence electrons. The largest absolute Gasteiger partial charge is 0.337 e. The lowest BCUT2D eigenvalue weighted by Gasteiger charge is -2.25. The molecule has 0 aromatic carbocycles. The minimum Gasteiger partial charge on any atom is -0.337 e. The molecule has 1 aliphatic rings. The van der Waals surface area contributed by atoms with Crippen LogP contribution < -0.4 is 5.32 Å². The van der Waals surface area contributed by atoms with Crippen LogP contribution in [-0.2, 0) is 0 Å². The first kappa shape index (κ1) is 15.0. The zero-order valence-electron chi connectivity index (χ0n) is 12.6. The third kappa shape index (κ3) is 3.27. The molecule has 2 aromatic heterocycles. The van der Waals surface area contributed by atoms with Crippen LogP contribution in [0.2, 0.25) is 0 Å². The van der Waals surface area contributed by atoms with Crippen LogP contribution >= 0.6 is 11.3 Å². The molecule has 1 aliphatic heterocycles. The van der Waals surface area contributed by atoms with Gasteiger partial charge in [0.25, 0.3) is 0 Å². The molecule has 2 atom stereocenters. The normalized spacial score (nSPS) is 19.1. The van der Waals surface area contributed by atoms with Gasteiger partial charge in [0.15, 0.2) is 0 Å². The van der Waals surface area contributed by atoms with Crippen LogP contribution in [0.25, 0.3) is 0 Å². The Morgan fingerprint density at radius 3 is 3.00 bits per heavy atom. The van der Waals surface area contributed by atoms with E-state index in [0.29, 0.717) is 6.54 Å². The zero-order valence-corrected chi connectivity index (χ0v) is 13.4. The monoisotopic (exact) mass is 316 g/mol. The Bertz CT molecular complexity index is 602. The van der Waals surface area contributed by atoms with Crippen molar-refractivity contribution in [3.05, 3.63) is 46.7 Å². The van der Waals surface area contributed by atoms with E-state index in [0.717, 1.165) is 30.0 Å². The zero-order chi connectivity index (χ0) is 15.4. The van der Waals surface area contributed by atoms with Crippen molar-refractivity contribution in [2.75, 3.05) is 13.1 Å². The number of hydrogen-bond donors (Lipinski definition) is 1. The average Bonchev–Trinajstić information content (AvgIpc) is 3.24. The predicted molar refractivity (Wildman–Crippen MR) is 86.8 cm³/mol. The van der Waals surface area contributed by atoms with Crippen LogP contribution in [0.1, 0.15) is 42.3 Å². The van der Waals surface area contributed by atoms with Crippen molar-refractivity contribution in [2.45, 2.75) is 31.7 Å². The highest BCUT2D eigenvalue weighted by molar-refractivity contribution is 7.09. The van der Waals surface area contributed by atoms with Crippen LogP contribution in [0.3, 0.4) is 0 Å². The standard InChI is InChI=1S/C16H20N4OS/c1-12(15-18-8-10-22-15)11-19-16(21)20-9-2-3-14(20)13-4-6-17-7-5-13/h4-8,10,12,14H,2-3,9,11H2,1H3,(H,19,21). The van der Waals surface area contributed by atoms with Crippen molar-refractivity contribution in [3.8, 4) is 0 Å². The second kappa shape index (κ2) is 6.87. The maximum atomic E-state index is 12.5. The molecule has 2 amide bonds. The topological polar surface area (TPSA) is 58.1 Å². The molecule has 2 aromatic rings. The summed E-state index contributed by atoms with van der Waals surface area (Å²) in [6, 6.07) is 4.17. The van der Waals surface area contributed by atoms with Gasteiger partial charge in [0.05, 0.1) is 11.0 Å². The number of rotatable bonds is 4. The first-order chi connectivity index (χ1) is 10.8. The van der Waals surface area contributed by atoms with Crippen molar-refractivity contribution in [1.82, 2.24) is 20.2 Å². The molecule has 0 aliphatic carbocycles. The number of amides is 2. The van der Waals surface area contributed by atoms with Crippen LogP contribution in [0.4, 0.5) is 4.79 Å². The molecule has 1 fully saturated rings. The smallest absolute Gasteiger partial charge is 0.317 e. The Labute approximate surface area is 134 Å². The van der Waals surface area contributed by atoms with E-state index in [4.69, 9.17) is 0 Å². The molecule has 5 nitrogen and oxygen atoms in total. The number of thiazole rings is 1. The maximum Gasteiger partial charge on any atom is 0.317 e. The van der Waals surface area contributed by atoms with Gasteiger partial charge in [-0.25, -0.2) is 9.78 Å². The summed E-state index contributed by atoms with van der Waals surface area (Å²) >= 11 is 1.63. The minimum absolute atomic E-state index is 0.0164. The van der Waals surface area contributed by atoms with E-state index in [1.165, 1.54) is 0 Å². The summed E-state index contributed by atoms with van der Waals surface area (Å²) in [6.45, 7) is 3.51. The number of carbonyl (C=O) groups excluding carboxylic acids is 1. The highest BCUT2D eigenvalue weighted by Crippen LogP contribution is 2.31. The molecule has 2 unspecified atom stereocenters. The number of hydrogen-bond acceptors (Lipinski definition) is 4. The molecule has 3 heterocycles. The summed E-state index contributed by atoms with van der Waals surface area (Å²) < 4.78 is 0. The van der Waals surface area contributed by atoms with Gasteiger partial charge in [-0.3, -0.25) is 4.98 Å². The summed E-state index contributed by atoms with van der Waals surface area (Å²) in [5.41, 5.74) is 1.16.